The summed E-state index contributed by atoms with van der Waals surface area (Å²) in [7, 11) is 0. The summed E-state index contributed by atoms with van der Waals surface area (Å²) in [6.45, 7) is 1.05. The average Bonchev–Trinajstić information content (AvgIpc) is 3.25. The molecule has 27 heavy (non-hydrogen) atoms. The minimum Gasteiger partial charge on any atom is -0.337 e. The first-order valence-electron chi connectivity index (χ1n) is 8.96. The van der Waals surface area contributed by atoms with Crippen LogP contribution < -0.4 is 0 Å². The largest absolute Gasteiger partial charge is 0.337 e. The van der Waals surface area contributed by atoms with E-state index in [1.165, 1.54) is 0 Å². The molecule has 0 bridgehead atoms. The molecule has 1 saturated heterocycles. The number of aromatic nitrogens is 3. The molecule has 1 aromatic heterocycles. The Hall–Kier alpha value is -3.46. The van der Waals surface area contributed by atoms with Gasteiger partial charge in [0.05, 0.1) is 23.4 Å². The van der Waals surface area contributed by atoms with Crippen LogP contribution in [-0.2, 0) is 5.41 Å². The molecule has 134 valence electrons. The molecule has 1 aliphatic heterocycles. The van der Waals surface area contributed by atoms with Crippen molar-refractivity contribution in [1.82, 2.24) is 19.9 Å². The van der Waals surface area contributed by atoms with Gasteiger partial charge in [0, 0.05) is 13.1 Å². The lowest BCUT2D eigenvalue weighted by Crippen LogP contribution is -2.44. The van der Waals surface area contributed by atoms with Crippen molar-refractivity contribution in [2.75, 3.05) is 13.1 Å². The van der Waals surface area contributed by atoms with Gasteiger partial charge in [-0.3, -0.25) is 4.79 Å². The van der Waals surface area contributed by atoms with Gasteiger partial charge in [-0.1, -0.05) is 53.7 Å². The molecule has 0 radical (unpaired) electrons. The highest BCUT2D eigenvalue weighted by Gasteiger charge is 2.38. The minimum absolute atomic E-state index is 0.142. The molecule has 0 aliphatic carbocycles. The van der Waals surface area contributed by atoms with Gasteiger partial charge in [-0.2, -0.15) is 5.26 Å². The molecule has 6 heteroatoms. The van der Waals surface area contributed by atoms with Gasteiger partial charge in [-0.15, -0.1) is 5.10 Å². The number of carbonyl (C=O) groups excluding carboxylic acids is 1. The number of piperidine rings is 1. The molecule has 0 saturated carbocycles. The number of likely N-dealkylation sites (tertiary alicyclic amines) is 1. The summed E-state index contributed by atoms with van der Waals surface area (Å²) in [4.78, 5) is 14.6. The summed E-state index contributed by atoms with van der Waals surface area (Å²) in [5.74, 6) is -0.142. The van der Waals surface area contributed by atoms with Gasteiger partial charge in [0.2, 0.25) is 0 Å². The van der Waals surface area contributed by atoms with E-state index in [4.69, 9.17) is 0 Å². The minimum atomic E-state index is -0.528. The van der Waals surface area contributed by atoms with Crippen molar-refractivity contribution in [3.05, 3.63) is 78.1 Å². The molecular weight excluding hydrogens is 338 g/mol. The van der Waals surface area contributed by atoms with Crippen LogP contribution in [-0.4, -0.2) is 38.9 Å². The number of hydrogen-bond donors (Lipinski definition) is 0. The van der Waals surface area contributed by atoms with Gasteiger partial charge in [-0.25, -0.2) is 4.68 Å². The zero-order chi connectivity index (χ0) is 18.7. The molecule has 0 N–H and O–H groups in total. The smallest absolute Gasteiger partial charge is 0.276 e. The Morgan fingerprint density at radius 2 is 1.63 bits per heavy atom. The number of carbonyl (C=O) groups is 1. The van der Waals surface area contributed by atoms with Crippen LogP contribution in [0.15, 0.2) is 66.9 Å². The van der Waals surface area contributed by atoms with Gasteiger partial charge < -0.3 is 4.90 Å². The highest BCUT2D eigenvalue weighted by Crippen LogP contribution is 2.35. The van der Waals surface area contributed by atoms with E-state index < -0.39 is 5.41 Å². The lowest BCUT2D eigenvalue weighted by Gasteiger charge is -2.37. The second-order valence-electron chi connectivity index (χ2n) is 6.74. The van der Waals surface area contributed by atoms with Crippen LogP contribution in [0, 0.1) is 11.3 Å². The number of nitriles is 1. The summed E-state index contributed by atoms with van der Waals surface area (Å²) in [6, 6.07) is 21.9. The Bertz CT molecular complexity index is 967. The predicted molar refractivity (Wildman–Crippen MR) is 100 cm³/mol. The normalized spacial score (nSPS) is 15.9. The fourth-order valence-corrected chi connectivity index (χ4v) is 3.54. The molecule has 1 aliphatic rings. The Morgan fingerprint density at radius 3 is 2.26 bits per heavy atom. The first kappa shape index (κ1) is 17.0. The van der Waals surface area contributed by atoms with E-state index in [0.717, 1.165) is 11.3 Å². The molecule has 6 nitrogen and oxygen atoms in total. The van der Waals surface area contributed by atoms with Crippen LogP contribution >= 0.6 is 0 Å². The van der Waals surface area contributed by atoms with Crippen LogP contribution in [0.4, 0.5) is 0 Å². The molecule has 0 spiro atoms. The standard InChI is InChI=1S/C21H19N5O/c22-16-21(17-7-3-1-4-8-17)11-13-25(14-12-21)20(27)19-15-26(24-23-19)18-9-5-2-6-10-18/h1-10,15H,11-14H2. The molecule has 2 heterocycles. The molecule has 2 aromatic carbocycles. The lowest BCUT2D eigenvalue weighted by molar-refractivity contribution is 0.0686. The van der Waals surface area contributed by atoms with Gasteiger partial charge in [0.15, 0.2) is 5.69 Å². The number of benzene rings is 2. The van der Waals surface area contributed by atoms with Crippen LogP contribution in [0.5, 0.6) is 0 Å². The van der Waals surface area contributed by atoms with E-state index in [9.17, 15) is 10.1 Å². The van der Waals surface area contributed by atoms with E-state index in [0.29, 0.717) is 31.6 Å². The third-order valence-corrected chi connectivity index (χ3v) is 5.18. The van der Waals surface area contributed by atoms with Crippen molar-refractivity contribution in [2.24, 2.45) is 0 Å². The van der Waals surface area contributed by atoms with Gasteiger partial charge in [0.25, 0.3) is 5.91 Å². The zero-order valence-corrected chi connectivity index (χ0v) is 14.8. The number of rotatable bonds is 3. The maximum Gasteiger partial charge on any atom is 0.276 e. The highest BCUT2D eigenvalue weighted by molar-refractivity contribution is 5.92. The Morgan fingerprint density at radius 1 is 1.00 bits per heavy atom. The first-order valence-corrected chi connectivity index (χ1v) is 8.96. The number of amides is 1. The van der Waals surface area contributed by atoms with E-state index in [2.05, 4.69) is 16.4 Å². The van der Waals surface area contributed by atoms with Gasteiger partial charge >= 0.3 is 0 Å². The number of nitrogens with zero attached hydrogens (tertiary/aromatic N) is 5. The quantitative estimate of drug-likeness (QED) is 0.722. The molecule has 0 atom stereocenters. The second-order valence-corrected chi connectivity index (χ2v) is 6.74. The maximum atomic E-state index is 12.8. The van der Waals surface area contributed by atoms with E-state index >= 15 is 0 Å². The Labute approximate surface area is 157 Å². The highest BCUT2D eigenvalue weighted by atomic mass is 16.2. The number of hydrogen-bond acceptors (Lipinski definition) is 4. The van der Waals surface area contributed by atoms with Crippen LogP contribution in [0.25, 0.3) is 5.69 Å². The molecule has 1 fully saturated rings. The SMILES string of the molecule is N#CC1(c2ccccc2)CCN(C(=O)c2cn(-c3ccccc3)nn2)CC1. The third kappa shape index (κ3) is 3.20. The predicted octanol–water partition coefficient (Wildman–Crippen LogP) is 2.96. The van der Waals surface area contributed by atoms with E-state index in [-0.39, 0.29) is 5.91 Å². The average molecular weight is 357 g/mol. The van der Waals surface area contributed by atoms with Gasteiger partial charge in [-0.05, 0) is 30.5 Å². The molecule has 4 rings (SSSR count). The van der Waals surface area contributed by atoms with Crippen molar-refractivity contribution in [1.29, 1.82) is 5.26 Å². The van der Waals surface area contributed by atoms with Crippen molar-refractivity contribution in [3.63, 3.8) is 0 Å². The molecule has 1 amide bonds. The van der Waals surface area contributed by atoms with E-state index in [1.54, 1.807) is 15.8 Å². The van der Waals surface area contributed by atoms with Crippen molar-refractivity contribution < 1.29 is 4.79 Å². The monoisotopic (exact) mass is 357 g/mol. The summed E-state index contributed by atoms with van der Waals surface area (Å²) in [5.41, 5.74) is 1.67. The van der Waals surface area contributed by atoms with Crippen LogP contribution in [0.2, 0.25) is 0 Å². The zero-order valence-electron chi connectivity index (χ0n) is 14.8. The summed E-state index contributed by atoms with van der Waals surface area (Å²) in [6.07, 6.45) is 2.89. The fraction of sp³-hybridized carbons (Fsp3) is 0.238. The topological polar surface area (TPSA) is 74.8 Å². The summed E-state index contributed by atoms with van der Waals surface area (Å²) < 4.78 is 1.60. The maximum absolute atomic E-state index is 12.8. The molecule has 0 unspecified atom stereocenters. The summed E-state index contributed by atoms with van der Waals surface area (Å²) in [5, 5.41) is 17.9. The third-order valence-electron chi connectivity index (χ3n) is 5.18. The van der Waals surface area contributed by atoms with Crippen molar-refractivity contribution in [3.8, 4) is 11.8 Å². The molecule has 3 aromatic rings. The molecular formula is C21H19N5O. The second kappa shape index (κ2) is 7.04. The van der Waals surface area contributed by atoms with Crippen LogP contribution in [0.1, 0.15) is 28.9 Å². The van der Waals surface area contributed by atoms with Gasteiger partial charge in [0.1, 0.15) is 0 Å². The Kier molecular flexibility index (Phi) is 4.43. The Balaban J connectivity index is 1.48. The van der Waals surface area contributed by atoms with E-state index in [1.807, 2.05) is 60.7 Å². The first-order chi connectivity index (χ1) is 13.2. The lowest BCUT2D eigenvalue weighted by atomic mass is 9.74. The van der Waals surface area contributed by atoms with Crippen LogP contribution in [0.3, 0.4) is 0 Å². The number of para-hydroxylation sites is 1. The summed E-state index contributed by atoms with van der Waals surface area (Å²) >= 11 is 0. The van der Waals surface area contributed by atoms with Crippen molar-refractivity contribution >= 4 is 5.91 Å². The van der Waals surface area contributed by atoms with Crippen molar-refractivity contribution in [2.45, 2.75) is 18.3 Å². The fourth-order valence-electron chi connectivity index (χ4n) is 3.54.